The minimum Gasteiger partial charge on any atom is -0.326 e. The molecule has 0 amide bonds. The van der Waals surface area contributed by atoms with Crippen LogP contribution in [0.2, 0.25) is 0 Å². The maximum absolute atomic E-state index is 12.4. The molecule has 6 nitrogen and oxygen atoms in total. The molecule has 0 bridgehead atoms. The molecule has 0 aliphatic carbocycles. The quantitative estimate of drug-likeness (QED) is 0.607. The van der Waals surface area contributed by atoms with Crippen molar-refractivity contribution in [3.05, 3.63) is 11.3 Å². The Morgan fingerprint density at radius 1 is 1.33 bits per heavy atom. The number of hydrogen-bond donors (Lipinski definition) is 3. The third kappa shape index (κ3) is 5.09. The molecular weight excluding hydrogens is 288 g/mol. The molecule has 1 aromatic rings. The Morgan fingerprint density at radius 2 is 2.00 bits per heavy atom. The van der Waals surface area contributed by atoms with Crippen molar-refractivity contribution >= 4 is 10.0 Å². The van der Waals surface area contributed by atoms with Crippen molar-refractivity contribution in [2.75, 3.05) is 6.54 Å². The molecule has 122 valence electrons. The molecule has 0 spiro atoms. The second-order valence-electron chi connectivity index (χ2n) is 6.28. The van der Waals surface area contributed by atoms with Crippen LogP contribution in [-0.2, 0) is 16.6 Å². The Labute approximate surface area is 127 Å². The third-order valence-corrected chi connectivity index (χ3v) is 5.06. The maximum atomic E-state index is 12.4. The van der Waals surface area contributed by atoms with E-state index in [4.69, 9.17) is 5.73 Å². The van der Waals surface area contributed by atoms with Crippen molar-refractivity contribution in [3.63, 3.8) is 0 Å². The number of rotatable bonds is 9. The fraction of sp³-hybridized carbons (Fsp3) is 0.786. The molecule has 21 heavy (non-hydrogen) atoms. The van der Waals surface area contributed by atoms with Gasteiger partial charge >= 0.3 is 0 Å². The number of hydrogen-bond acceptors (Lipinski definition) is 4. The molecule has 0 saturated heterocycles. The summed E-state index contributed by atoms with van der Waals surface area (Å²) in [5.41, 5.74) is 6.77. The van der Waals surface area contributed by atoms with Crippen LogP contribution in [-0.4, -0.2) is 25.2 Å². The Balaban J connectivity index is 2.72. The van der Waals surface area contributed by atoms with Gasteiger partial charge in [-0.3, -0.25) is 5.10 Å². The van der Waals surface area contributed by atoms with E-state index in [0.717, 1.165) is 19.3 Å². The van der Waals surface area contributed by atoms with Crippen LogP contribution in [0, 0.1) is 12.3 Å². The van der Waals surface area contributed by atoms with Gasteiger partial charge in [0.1, 0.15) is 0 Å². The minimum atomic E-state index is -3.62. The predicted octanol–water partition coefficient (Wildman–Crippen LogP) is 2.06. The van der Waals surface area contributed by atoms with Crippen LogP contribution in [0.3, 0.4) is 0 Å². The van der Waals surface area contributed by atoms with E-state index in [1.807, 2.05) is 0 Å². The van der Waals surface area contributed by atoms with Crippen LogP contribution in [0.25, 0.3) is 0 Å². The molecule has 1 heterocycles. The van der Waals surface area contributed by atoms with E-state index in [2.05, 4.69) is 35.7 Å². The SMILES string of the molecule is CCCCCC(C)(C)CNS(=O)(=O)c1n[nH]c(C)c1CN. The molecule has 0 unspecified atom stereocenters. The summed E-state index contributed by atoms with van der Waals surface area (Å²) in [6, 6.07) is 0. The summed E-state index contributed by atoms with van der Waals surface area (Å²) in [7, 11) is -3.62. The highest BCUT2D eigenvalue weighted by Crippen LogP contribution is 2.24. The predicted molar refractivity (Wildman–Crippen MR) is 84.3 cm³/mol. The van der Waals surface area contributed by atoms with E-state index in [1.165, 1.54) is 6.42 Å². The van der Waals surface area contributed by atoms with Crippen LogP contribution in [0.5, 0.6) is 0 Å². The van der Waals surface area contributed by atoms with Crippen LogP contribution in [0.4, 0.5) is 0 Å². The first-order chi connectivity index (χ1) is 9.73. The van der Waals surface area contributed by atoms with E-state index in [1.54, 1.807) is 6.92 Å². The van der Waals surface area contributed by atoms with E-state index < -0.39 is 10.0 Å². The van der Waals surface area contributed by atoms with Gasteiger partial charge in [0, 0.05) is 24.3 Å². The van der Waals surface area contributed by atoms with Crippen molar-refractivity contribution in [1.29, 1.82) is 0 Å². The maximum Gasteiger partial charge on any atom is 0.260 e. The standard InChI is InChI=1S/C14H28N4O2S/c1-5-6-7-8-14(3,4)10-16-21(19,20)13-12(9-15)11(2)17-18-13/h16H,5-10,15H2,1-4H3,(H,17,18). The Hall–Kier alpha value is -0.920. The zero-order valence-electron chi connectivity index (χ0n) is 13.5. The highest BCUT2D eigenvalue weighted by Gasteiger charge is 2.26. The smallest absolute Gasteiger partial charge is 0.260 e. The second-order valence-corrected chi connectivity index (χ2v) is 7.96. The van der Waals surface area contributed by atoms with Gasteiger partial charge in [0.05, 0.1) is 0 Å². The van der Waals surface area contributed by atoms with Gasteiger partial charge in [-0.15, -0.1) is 0 Å². The zero-order chi connectivity index (χ0) is 16.1. The molecule has 0 aliphatic rings. The van der Waals surface area contributed by atoms with Crippen LogP contribution >= 0.6 is 0 Å². The zero-order valence-corrected chi connectivity index (χ0v) is 14.3. The summed E-state index contributed by atoms with van der Waals surface area (Å²) in [6.07, 6.45) is 4.44. The number of nitrogens with two attached hydrogens (primary N) is 1. The first kappa shape index (κ1) is 18.1. The highest BCUT2D eigenvalue weighted by atomic mass is 32.2. The van der Waals surface area contributed by atoms with Crippen molar-refractivity contribution in [2.24, 2.45) is 11.1 Å². The summed E-state index contributed by atoms with van der Waals surface area (Å²) in [4.78, 5) is 0. The van der Waals surface area contributed by atoms with Gasteiger partial charge in [-0.05, 0) is 18.8 Å². The van der Waals surface area contributed by atoms with Crippen LogP contribution in [0.15, 0.2) is 5.03 Å². The number of aromatic nitrogens is 2. The van der Waals surface area contributed by atoms with E-state index in [-0.39, 0.29) is 17.0 Å². The number of unbranched alkanes of at least 4 members (excludes halogenated alkanes) is 2. The first-order valence-electron chi connectivity index (χ1n) is 7.47. The molecule has 0 fully saturated rings. The molecule has 0 radical (unpaired) electrons. The summed E-state index contributed by atoms with van der Waals surface area (Å²) in [6.45, 7) is 8.62. The van der Waals surface area contributed by atoms with Gasteiger partial charge in [0.2, 0.25) is 0 Å². The van der Waals surface area contributed by atoms with E-state index >= 15 is 0 Å². The monoisotopic (exact) mass is 316 g/mol. The van der Waals surface area contributed by atoms with Gasteiger partial charge < -0.3 is 5.73 Å². The van der Waals surface area contributed by atoms with Crippen LogP contribution in [0.1, 0.15) is 57.7 Å². The Morgan fingerprint density at radius 3 is 2.57 bits per heavy atom. The average Bonchev–Trinajstić information content (AvgIpc) is 2.79. The van der Waals surface area contributed by atoms with E-state index in [0.29, 0.717) is 17.8 Å². The van der Waals surface area contributed by atoms with Gasteiger partial charge in [-0.2, -0.15) is 5.10 Å². The molecule has 0 aromatic carbocycles. The summed E-state index contributed by atoms with van der Waals surface area (Å²) < 4.78 is 27.4. The van der Waals surface area contributed by atoms with Gasteiger partial charge in [0.25, 0.3) is 10.0 Å². The van der Waals surface area contributed by atoms with Crippen molar-refractivity contribution in [3.8, 4) is 0 Å². The molecular formula is C14H28N4O2S. The number of sulfonamides is 1. The lowest BCUT2D eigenvalue weighted by Gasteiger charge is -2.24. The number of nitrogens with zero attached hydrogens (tertiary/aromatic N) is 1. The minimum absolute atomic E-state index is 0.0202. The van der Waals surface area contributed by atoms with Crippen molar-refractivity contribution in [1.82, 2.24) is 14.9 Å². The molecule has 1 rings (SSSR count). The number of nitrogens with one attached hydrogen (secondary N) is 2. The lowest BCUT2D eigenvalue weighted by molar-refractivity contribution is 0.320. The number of aryl methyl sites for hydroxylation is 1. The fourth-order valence-electron chi connectivity index (χ4n) is 2.19. The Bertz CT molecular complexity index is 549. The molecule has 0 saturated carbocycles. The lowest BCUT2D eigenvalue weighted by Crippen LogP contribution is -2.34. The summed E-state index contributed by atoms with van der Waals surface area (Å²) in [5.74, 6) is 0. The molecule has 1 aromatic heterocycles. The van der Waals surface area contributed by atoms with Gasteiger partial charge in [-0.1, -0.05) is 40.0 Å². The number of aromatic amines is 1. The van der Waals surface area contributed by atoms with E-state index in [9.17, 15) is 8.42 Å². The molecule has 4 N–H and O–H groups in total. The summed E-state index contributed by atoms with van der Waals surface area (Å²) >= 11 is 0. The summed E-state index contributed by atoms with van der Waals surface area (Å²) in [5, 5.41) is 6.58. The number of H-pyrrole nitrogens is 1. The lowest BCUT2D eigenvalue weighted by atomic mass is 9.87. The normalized spacial score (nSPS) is 12.8. The fourth-order valence-corrected chi connectivity index (χ4v) is 3.64. The largest absolute Gasteiger partial charge is 0.326 e. The average molecular weight is 316 g/mol. The van der Waals surface area contributed by atoms with Crippen molar-refractivity contribution < 1.29 is 8.42 Å². The third-order valence-electron chi connectivity index (χ3n) is 3.69. The Kier molecular flexibility index (Phi) is 6.37. The second kappa shape index (κ2) is 7.38. The van der Waals surface area contributed by atoms with Crippen LogP contribution < -0.4 is 10.5 Å². The highest BCUT2D eigenvalue weighted by molar-refractivity contribution is 7.89. The van der Waals surface area contributed by atoms with Gasteiger partial charge in [-0.25, -0.2) is 13.1 Å². The van der Waals surface area contributed by atoms with Crippen molar-refractivity contribution in [2.45, 2.75) is 64.9 Å². The molecule has 0 aliphatic heterocycles. The first-order valence-corrected chi connectivity index (χ1v) is 8.95. The van der Waals surface area contributed by atoms with Gasteiger partial charge in [0.15, 0.2) is 5.03 Å². The topological polar surface area (TPSA) is 101 Å². The molecule has 0 atom stereocenters. The molecule has 7 heteroatoms.